The van der Waals surface area contributed by atoms with Crippen LogP contribution in [0, 0.1) is 5.41 Å². The molecule has 0 aliphatic carbocycles. The second-order valence-corrected chi connectivity index (χ2v) is 5.70. The van der Waals surface area contributed by atoms with Gasteiger partial charge in [0.15, 0.2) is 0 Å². The van der Waals surface area contributed by atoms with E-state index in [1.54, 1.807) is 7.11 Å². The van der Waals surface area contributed by atoms with Gasteiger partial charge in [-0.1, -0.05) is 20.8 Å². The minimum absolute atomic E-state index is 0.0331. The molecule has 0 unspecified atom stereocenters. The monoisotopic (exact) mass is 213 g/mol. The summed E-state index contributed by atoms with van der Waals surface area (Å²) < 4.78 is 5.45. The highest BCUT2D eigenvalue weighted by atomic mass is 16.5. The minimum atomic E-state index is -0.263. The van der Waals surface area contributed by atoms with Gasteiger partial charge in [-0.3, -0.25) is 4.79 Å². The fraction of sp³-hybridized carbons (Fsp3) is 0.917. The Kier molecular flexibility index (Phi) is 3.44. The highest BCUT2D eigenvalue weighted by molar-refractivity contribution is 5.81. The zero-order chi connectivity index (χ0) is 11.7. The van der Waals surface area contributed by atoms with Crippen molar-refractivity contribution in [3.63, 3.8) is 0 Å². The van der Waals surface area contributed by atoms with Gasteiger partial charge in [-0.15, -0.1) is 0 Å². The van der Waals surface area contributed by atoms with Crippen LogP contribution in [-0.2, 0) is 9.53 Å². The first kappa shape index (κ1) is 12.5. The van der Waals surface area contributed by atoms with E-state index in [9.17, 15) is 4.79 Å². The number of nitrogens with zero attached hydrogens (tertiary/aromatic N) is 1. The molecule has 3 nitrogen and oxygen atoms in total. The Labute approximate surface area is 92.8 Å². The number of hydrogen-bond acceptors (Lipinski definition) is 2. The lowest BCUT2D eigenvalue weighted by molar-refractivity contribution is -0.144. The van der Waals surface area contributed by atoms with Crippen molar-refractivity contribution in [1.82, 2.24) is 4.90 Å². The van der Waals surface area contributed by atoms with Crippen molar-refractivity contribution in [2.24, 2.45) is 5.41 Å². The molecule has 0 bridgehead atoms. The van der Waals surface area contributed by atoms with Gasteiger partial charge in [-0.2, -0.15) is 0 Å². The Hall–Kier alpha value is -0.570. The van der Waals surface area contributed by atoms with Gasteiger partial charge in [-0.05, 0) is 19.8 Å². The number of methoxy groups -OCH3 is 1. The summed E-state index contributed by atoms with van der Waals surface area (Å²) in [7, 11) is 1.75. The smallest absolute Gasteiger partial charge is 0.227 e. The van der Waals surface area contributed by atoms with Gasteiger partial charge in [0.25, 0.3) is 0 Å². The van der Waals surface area contributed by atoms with Gasteiger partial charge in [-0.25, -0.2) is 0 Å². The van der Waals surface area contributed by atoms with Crippen LogP contribution in [-0.4, -0.2) is 36.6 Å². The van der Waals surface area contributed by atoms with Crippen LogP contribution in [0.2, 0.25) is 0 Å². The summed E-state index contributed by atoms with van der Waals surface area (Å²) in [5.41, 5.74) is -0.296. The summed E-state index contributed by atoms with van der Waals surface area (Å²) in [4.78, 5) is 14.0. The van der Waals surface area contributed by atoms with Crippen LogP contribution in [0.4, 0.5) is 0 Å². The molecule has 88 valence electrons. The first-order chi connectivity index (χ1) is 6.78. The van der Waals surface area contributed by atoms with Gasteiger partial charge in [0.2, 0.25) is 5.91 Å². The van der Waals surface area contributed by atoms with Crippen LogP contribution in [0.5, 0.6) is 0 Å². The van der Waals surface area contributed by atoms with Crippen LogP contribution in [0.25, 0.3) is 0 Å². The normalized spacial score (nSPS) is 21.5. The molecule has 1 aliphatic heterocycles. The van der Waals surface area contributed by atoms with Crippen LogP contribution in [0.1, 0.15) is 40.5 Å². The third-order valence-electron chi connectivity index (χ3n) is 3.24. The number of rotatable bonds is 1. The number of piperidine rings is 1. The molecular weight excluding hydrogens is 190 g/mol. The Balaban J connectivity index is 2.55. The molecule has 0 atom stereocenters. The number of hydrogen-bond donors (Lipinski definition) is 0. The molecule has 1 aliphatic rings. The number of carbonyl (C=O) groups is 1. The third-order valence-corrected chi connectivity index (χ3v) is 3.24. The van der Waals surface area contributed by atoms with Crippen molar-refractivity contribution in [2.45, 2.75) is 46.1 Å². The molecule has 3 heteroatoms. The molecule has 0 aromatic carbocycles. The summed E-state index contributed by atoms with van der Waals surface area (Å²) in [5, 5.41) is 0. The first-order valence-electron chi connectivity index (χ1n) is 5.63. The van der Waals surface area contributed by atoms with E-state index < -0.39 is 0 Å². The van der Waals surface area contributed by atoms with Gasteiger partial charge in [0.1, 0.15) is 0 Å². The van der Waals surface area contributed by atoms with Crippen LogP contribution in [0.15, 0.2) is 0 Å². The minimum Gasteiger partial charge on any atom is -0.378 e. The van der Waals surface area contributed by atoms with E-state index in [1.165, 1.54) is 0 Å². The molecule has 0 aromatic rings. The molecule has 0 aromatic heterocycles. The second-order valence-electron chi connectivity index (χ2n) is 5.70. The highest BCUT2D eigenvalue weighted by Gasteiger charge is 2.35. The average Bonchev–Trinajstić information content (AvgIpc) is 2.17. The molecule has 0 saturated carbocycles. The molecule has 0 N–H and O–H groups in total. The molecule has 15 heavy (non-hydrogen) atoms. The van der Waals surface area contributed by atoms with E-state index in [0.717, 1.165) is 25.9 Å². The molecule has 1 fully saturated rings. The van der Waals surface area contributed by atoms with Gasteiger partial charge in [0.05, 0.1) is 5.60 Å². The topological polar surface area (TPSA) is 29.5 Å². The van der Waals surface area contributed by atoms with Crippen LogP contribution in [0.3, 0.4) is 0 Å². The van der Waals surface area contributed by atoms with Crippen LogP contribution >= 0.6 is 0 Å². The summed E-state index contributed by atoms with van der Waals surface area (Å²) in [6.45, 7) is 9.67. The quantitative estimate of drug-likeness (QED) is 0.667. The van der Waals surface area contributed by atoms with Gasteiger partial charge < -0.3 is 9.64 Å². The summed E-state index contributed by atoms with van der Waals surface area (Å²) >= 11 is 0. The van der Waals surface area contributed by atoms with Crippen LogP contribution < -0.4 is 0 Å². The van der Waals surface area contributed by atoms with Crippen molar-refractivity contribution >= 4 is 5.91 Å². The highest BCUT2D eigenvalue weighted by Crippen LogP contribution is 2.27. The molecule has 0 spiro atoms. The number of carbonyl (C=O) groups excluding carboxylic acids is 1. The molecular formula is C12H23NO2. The lowest BCUT2D eigenvalue weighted by Crippen LogP contribution is -2.49. The Morgan fingerprint density at radius 2 is 1.73 bits per heavy atom. The molecule has 1 amide bonds. The largest absolute Gasteiger partial charge is 0.378 e. The van der Waals surface area contributed by atoms with E-state index in [1.807, 2.05) is 25.7 Å². The lowest BCUT2D eigenvalue weighted by atomic mass is 9.89. The molecule has 0 radical (unpaired) electrons. The molecule has 1 heterocycles. The maximum Gasteiger partial charge on any atom is 0.227 e. The summed E-state index contributed by atoms with van der Waals surface area (Å²) in [6.07, 6.45) is 1.87. The maximum absolute atomic E-state index is 12.0. The molecule has 1 saturated heterocycles. The van der Waals surface area contributed by atoms with E-state index in [0.29, 0.717) is 0 Å². The molecule has 1 rings (SSSR count). The van der Waals surface area contributed by atoms with Crippen molar-refractivity contribution in [3.8, 4) is 0 Å². The van der Waals surface area contributed by atoms with Gasteiger partial charge >= 0.3 is 0 Å². The van der Waals surface area contributed by atoms with E-state index in [-0.39, 0.29) is 16.9 Å². The fourth-order valence-corrected chi connectivity index (χ4v) is 1.86. The number of amides is 1. The third kappa shape index (κ3) is 2.94. The van der Waals surface area contributed by atoms with Crippen molar-refractivity contribution in [1.29, 1.82) is 0 Å². The van der Waals surface area contributed by atoms with Crippen molar-refractivity contribution in [2.75, 3.05) is 20.2 Å². The van der Waals surface area contributed by atoms with Crippen molar-refractivity contribution in [3.05, 3.63) is 0 Å². The zero-order valence-corrected chi connectivity index (χ0v) is 10.6. The number of likely N-dealkylation sites (tertiary alicyclic amines) is 1. The van der Waals surface area contributed by atoms with E-state index >= 15 is 0 Å². The predicted molar refractivity (Wildman–Crippen MR) is 60.7 cm³/mol. The lowest BCUT2D eigenvalue weighted by Gasteiger charge is -2.40. The zero-order valence-electron chi connectivity index (χ0n) is 10.6. The Morgan fingerprint density at radius 1 is 1.27 bits per heavy atom. The maximum atomic E-state index is 12.0. The average molecular weight is 213 g/mol. The fourth-order valence-electron chi connectivity index (χ4n) is 1.86. The standard InChI is InChI=1S/C12H23NO2/c1-11(2,3)10(14)13-8-6-12(4,15-5)7-9-13/h6-9H2,1-5H3. The summed E-state index contributed by atoms with van der Waals surface area (Å²) in [5.74, 6) is 0.251. The number of ether oxygens (including phenoxy) is 1. The van der Waals surface area contributed by atoms with Crippen molar-refractivity contribution < 1.29 is 9.53 Å². The Bertz CT molecular complexity index is 234. The van der Waals surface area contributed by atoms with Gasteiger partial charge in [0, 0.05) is 25.6 Å². The second kappa shape index (κ2) is 4.12. The summed E-state index contributed by atoms with van der Waals surface area (Å²) in [6, 6.07) is 0. The van der Waals surface area contributed by atoms with E-state index in [2.05, 4.69) is 6.92 Å². The SMILES string of the molecule is COC1(C)CCN(C(=O)C(C)(C)C)CC1. The van der Waals surface area contributed by atoms with E-state index in [4.69, 9.17) is 4.74 Å². The first-order valence-corrected chi connectivity index (χ1v) is 5.63. The Morgan fingerprint density at radius 3 is 2.07 bits per heavy atom. The predicted octanol–water partition coefficient (Wildman–Crippen LogP) is 2.06.